The molecule has 0 aromatic rings. The summed E-state index contributed by atoms with van der Waals surface area (Å²) < 4.78 is 0. The van der Waals surface area contributed by atoms with Crippen LogP contribution in [0.4, 0.5) is 4.79 Å². The Bertz CT molecular complexity index is 279. The molecule has 2 amide bonds. The summed E-state index contributed by atoms with van der Waals surface area (Å²) in [7, 11) is 1.76. The van der Waals surface area contributed by atoms with E-state index < -0.39 is 5.97 Å². The van der Waals surface area contributed by atoms with E-state index in [1.807, 2.05) is 20.8 Å². The maximum atomic E-state index is 11.7. The Morgan fingerprint density at radius 1 is 1.17 bits per heavy atom. The molecule has 0 bridgehead atoms. The van der Waals surface area contributed by atoms with Crippen LogP contribution in [-0.4, -0.2) is 41.1 Å². The second kappa shape index (κ2) is 7.95. The molecule has 0 saturated heterocycles. The van der Waals surface area contributed by atoms with Gasteiger partial charge in [-0.2, -0.15) is 0 Å². The van der Waals surface area contributed by atoms with Crippen molar-refractivity contribution >= 4 is 12.0 Å². The third kappa shape index (κ3) is 6.47. The number of hydrogen-bond donors (Lipinski definition) is 2. The van der Waals surface area contributed by atoms with Gasteiger partial charge in [0.15, 0.2) is 0 Å². The molecular formula is C13H26N2O3. The van der Waals surface area contributed by atoms with Crippen molar-refractivity contribution < 1.29 is 14.7 Å². The summed E-state index contributed by atoms with van der Waals surface area (Å²) in [5.74, 6) is -1.07. The van der Waals surface area contributed by atoms with Gasteiger partial charge in [-0.1, -0.05) is 13.3 Å². The first-order valence-electron chi connectivity index (χ1n) is 6.51. The van der Waals surface area contributed by atoms with Crippen molar-refractivity contribution in [1.82, 2.24) is 10.2 Å². The van der Waals surface area contributed by atoms with Gasteiger partial charge in [-0.05, 0) is 33.6 Å². The second-order valence-corrected chi connectivity index (χ2v) is 5.23. The Morgan fingerprint density at radius 2 is 1.72 bits per heavy atom. The molecule has 0 rings (SSSR count). The number of carbonyl (C=O) groups is 2. The number of urea groups is 1. The fourth-order valence-electron chi connectivity index (χ4n) is 1.47. The average Bonchev–Trinajstić information content (AvgIpc) is 2.27. The van der Waals surface area contributed by atoms with Crippen molar-refractivity contribution in [2.24, 2.45) is 5.92 Å². The molecule has 2 N–H and O–H groups in total. The Balaban J connectivity index is 3.87. The number of hydrogen-bond acceptors (Lipinski definition) is 2. The van der Waals surface area contributed by atoms with Crippen LogP contribution in [0.3, 0.4) is 0 Å². The summed E-state index contributed by atoms with van der Waals surface area (Å²) in [6, 6.07) is 0.160. The smallest absolute Gasteiger partial charge is 0.317 e. The molecule has 0 aliphatic carbocycles. The molecule has 0 fully saturated rings. The predicted molar refractivity (Wildman–Crippen MR) is 71.5 cm³/mol. The minimum absolute atomic E-state index is 0.0692. The Labute approximate surface area is 110 Å². The van der Waals surface area contributed by atoms with Gasteiger partial charge in [-0.3, -0.25) is 4.79 Å². The lowest BCUT2D eigenvalue weighted by Gasteiger charge is -2.24. The average molecular weight is 258 g/mol. The van der Waals surface area contributed by atoms with E-state index in [1.165, 1.54) is 0 Å². The minimum Gasteiger partial charge on any atom is -0.481 e. The second-order valence-electron chi connectivity index (χ2n) is 5.23. The van der Waals surface area contributed by atoms with Crippen molar-refractivity contribution in [3.8, 4) is 0 Å². The van der Waals surface area contributed by atoms with Crippen LogP contribution < -0.4 is 5.32 Å². The number of aliphatic carboxylic acids is 1. The molecule has 5 heteroatoms. The van der Waals surface area contributed by atoms with Crippen LogP contribution in [-0.2, 0) is 4.79 Å². The van der Waals surface area contributed by atoms with E-state index in [2.05, 4.69) is 5.32 Å². The minimum atomic E-state index is -0.758. The van der Waals surface area contributed by atoms with Gasteiger partial charge in [0, 0.05) is 19.1 Å². The first-order chi connectivity index (χ1) is 8.25. The van der Waals surface area contributed by atoms with Crippen molar-refractivity contribution in [2.45, 2.75) is 59.0 Å². The molecule has 0 aliphatic rings. The van der Waals surface area contributed by atoms with Crippen molar-refractivity contribution in [3.63, 3.8) is 0 Å². The first kappa shape index (κ1) is 16.7. The van der Waals surface area contributed by atoms with Gasteiger partial charge in [-0.15, -0.1) is 0 Å². The molecule has 0 aromatic heterocycles. The van der Waals surface area contributed by atoms with Crippen LogP contribution in [0, 0.1) is 5.92 Å². The van der Waals surface area contributed by atoms with Crippen LogP contribution in [0.25, 0.3) is 0 Å². The molecule has 0 saturated carbocycles. The Hall–Kier alpha value is -1.26. The predicted octanol–water partition coefficient (Wildman–Crippen LogP) is 2.32. The normalized spacial score (nSPS) is 14.1. The monoisotopic (exact) mass is 258 g/mol. The van der Waals surface area contributed by atoms with E-state index in [0.717, 1.165) is 12.8 Å². The lowest BCUT2D eigenvalue weighted by Crippen LogP contribution is -2.44. The molecule has 2 unspecified atom stereocenters. The van der Waals surface area contributed by atoms with Crippen molar-refractivity contribution in [2.75, 3.05) is 7.05 Å². The fourth-order valence-corrected chi connectivity index (χ4v) is 1.47. The van der Waals surface area contributed by atoms with Crippen LogP contribution in [0.15, 0.2) is 0 Å². The molecule has 0 aliphatic heterocycles. The zero-order chi connectivity index (χ0) is 14.3. The van der Waals surface area contributed by atoms with Crippen LogP contribution in [0.5, 0.6) is 0 Å². The van der Waals surface area contributed by atoms with Gasteiger partial charge in [0.05, 0.1) is 5.92 Å². The highest BCUT2D eigenvalue weighted by atomic mass is 16.4. The SMILES string of the molecule is CC(CCCC(C)C(=O)O)NC(=O)N(C)C(C)C. The Kier molecular flexibility index (Phi) is 7.39. The lowest BCUT2D eigenvalue weighted by atomic mass is 10.0. The molecular weight excluding hydrogens is 232 g/mol. The van der Waals surface area contributed by atoms with E-state index in [0.29, 0.717) is 6.42 Å². The fraction of sp³-hybridized carbons (Fsp3) is 0.846. The molecule has 2 atom stereocenters. The molecule has 0 radical (unpaired) electrons. The highest BCUT2D eigenvalue weighted by molar-refractivity contribution is 5.74. The highest BCUT2D eigenvalue weighted by Crippen LogP contribution is 2.09. The van der Waals surface area contributed by atoms with E-state index in [1.54, 1.807) is 18.9 Å². The standard InChI is InChI=1S/C13H26N2O3/c1-9(2)15(5)13(18)14-11(4)8-6-7-10(3)12(16)17/h9-11H,6-8H2,1-5H3,(H,14,18)(H,16,17). The zero-order valence-corrected chi connectivity index (χ0v) is 12.1. The van der Waals surface area contributed by atoms with Gasteiger partial charge in [-0.25, -0.2) is 4.79 Å². The van der Waals surface area contributed by atoms with E-state index in [4.69, 9.17) is 5.11 Å². The number of carboxylic acids is 1. The largest absolute Gasteiger partial charge is 0.481 e. The lowest BCUT2D eigenvalue weighted by molar-refractivity contribution is -0.141. The van der Waals surface area contributed by atoms with Crippen LogP contribution in [0.2, 0.25) is 0 Å². The van der Waals surface area contributed by atoms with Crippen molar-refractivity contribution in [1.29, 1.82) is 0 Å². The molecule has 106 valence electrons. The van der Waals surface area contributed by atoms with E-state index in [9.17, 15) is 9.59 Å². The third-order valence-electron chi connectivity index (χ3n) is 3.16. The third-order valence-corrected chi connectivity index (χ3v) is 3.16. The van der Waals surface area contributed by atoms with Crippen LogP contribution in [0.1, 0.15) is 47.0 Å². The van der Waals surface area contributed by atoms with Gasteiger partial charge in [0.25, 0.3) is 0 Å². The maximum Gasteiger partial charge on any atom is 0.317 e. The number of nitrogens with zero attached hydrogens (tertiary/aromatic N) is 1. The summed E-state index contributed by atoms with van der Waals surface area (Å²) in [4.78, 5) is 24.0. The number of nitrogens with one attached hydrogen (secondary N) is 1. The number of amides is 2. The maximum absolute atomic E-state index is 11.7. The summed E-state index contributed by atoms with van der Waals surface area (Å²) in [5.41, 5.74) is 0. The molecule has 18 heavy (non-hydrogen) atoms. The number of rotatable bonds is 7. The van der Waals surface area contributed by atoms with Gasteiger partial charge < -0.3 is 15.3 Å². The molecule has 0 heterocycles. The van der Waals surface area contributed by atoms with E-state index in [-0.39, 0.29) is 24.0 Å². The topological polar surface area (TPSA) is 69.6 Å². The van der Waals surface area contributed by atoms with Gasteiger partial charge >= 0.3 is 12.0 Å². The molecule has 0 aromatic carbocycles. The molecule has 5 nitrogen and oxygen atoms in total. The quantitative estimate of drug-likeness (QED) is 0.736. The summed E-state index contributed by atoms with van der Waals surface area (Å²) >= 11 is 0. The van der Waals surface area contributed by atoms with Crippen LogP contribution >= 0.6 is 0 Å². The van der Waals surface area contributed by atoms with Gasteiger partial charge in [0.1, 0.15) is 0 Å². The summed E-state index contributed by atoms with van der Waals surface area (Å²) in [5, 5.41) is 11.7. The molecule has 0 spiro atoms. The zero-order valence-electron chi connectivity index (χ0n) is 12.1. The van der Waals surface area contributed by atoms with Gasteiger partial charge in [0.2, 0.25) is 0 Å². The van der Waals surface area contributed by atoms with Crippen molar-refractivity contribution in [3.05, 3.63) is 0 Å². The van der Waals surface area contributed by atoms with E-state index >= 15 is 0 Å². The number of carbonyl (C=O) groups excluding carboxylic acids is 1. The summed E-state index contributed by atoms with van der Waals surface area (Å²) in [6.45, 7) is 7.56. The highest BCUT2D eigenvalue weighted by Gasteiger charge is 2.15. The Morgan fingerprint density at radius 3 is 2.17 bits per heavy atom. The number of carboxylic acid groups (broad SMARTS) is 1. The summed E-state index contributed by atoms with van der Waals surface area (Å²) in [6.07, 6.45) is 2.26. The first-order valence-corrected chi connectivity index (χ1v) is 6.51.